The minimum Gasteiger partial charge on any atom is -0.384 e. The van der Waals surface area contributed by atoms with Gasteiger partial charge >= 0.3 is 0 Å². The molecule has 0 spiro atoms. The van der Waals surface area contributed by atoms with Crippen molar-refractivity contribution in [3.8, 4) is 23.0 Å². The molecular weight excluding hydrogens is 262 g/mol. The van der Waals surface area contributed by atoms with Crippen molar-refractivity contribution < 1.29 is 0 Å². The molecule has 0 aliphatic rings. The Bertz CT molecular complexity index is 825. The summed E-state index contributed by atoms with van der Waals surface area (Å²) in [5.74, 6) is 0.479. The lowest BCUT2D eigenvalue weighted by atomic mass is 10.1. The lowest BCUT2D eigenvalue weighted by molar-refractivity contribution is 1.04. The summed E-state index contributed by atoms with van der Waals surface area (Å²) in [6, 6.07) is 11.4. The predicted molar refractivity (Wildman–Crippen MR) is 80.7 cm³/mol. The molecule has 0 aliphatic heterocycles. The molecule has 0 saturated heterocycles. The Balaban J connectivity index is 2.15. The Morgan fingerprint density at radius 2 is 2.05 bits per heavy atom. The summed E-state index contributed by atoms with van der Waals surface area (Å²) < 4.78 is 1.95. The predicted octanol–water partition coefficient (Wildman–Crippen LogP) is 2.70. The van der Waals surface area contributed by atoms with Gasteiger partial charge in [0.25, 0.3) is 0 Å². The molecule has 1 aromatic carbocycles. The van der Waals surface area contributed by atoms with Gasteiger partial charge in [-0.3, -0.25) is 4.57 Å². The summed E-state index contributed by atoms with van der Waals surface area (Å²) in [6.45, 7) is 2.00. The molecule has 3 aromatic rings. The minimum atomic E-state index is 0.479. The molecule has 0 atom stereocenters. The number of rotatable bonds is 2. The average Bonchev–Trinajstić information content (AvgIpc) is 2.98. The number of nitriles is 1. The van der Waals surface area contributed by atoms with Gasteiger partial charge in [-0.05, 0) is 36.8 Å². The van der Waals surface area contributed by atoms with Crippen molar-refractivity contribution in [2.45, 2.75) is 6.92 Å². The third kappa shape index (κ3) is 2.35. The van der Waals surface area contributed by atoms with Crippen LogP contribution in [0.2, 0.25) is 0 Å². The molecule has 21 heavy (non-hydrogen) atoms. The molecule has 102 valence electrons. The third-order valence-corrected chi connectivity index (χ3v) is 3.32. The van der Waals surface area contributed by atoms with Crippen LogP contribution in [0.4, 0.5) is 5.82 Å². The average molecular weight is 275 g/mol. The second-order valence-electron chi connectivity index (χ2n) is 4.73. The number of nitrogens with two attached hydrogens (primary N) is 1. The summed E-state index contributed by atoms with van der Waals surface area (Å²) in [7, 11) is 0. The number of imidazole rings is 1. The molecule has 0 radical (unpaired) electrons. The van der Waals surface area contributed by atoms with Crippen LogP contribution in [0, 0.1) is 18.3 Å². The second-order valence-corrected chi connectivity index (χ2v) is 4.73. The van der Waals surface area contributed by atoms with Crippen LogP contribution in [-0.4, -0.2) is 14.5 Å². The summed E-state index contributed by atoms with van der Waals surface area (Å²) in [6.07, 6.45) is 5.22. The lowest BCUT2D eigenvalue weighted by Crippen LogP contribution is -1.99. The van der Waals surface area contributed by atoms with Crippen molar-refractivity contribution in [3.05, 3.63) is 60.2 Å². The van der Waals surface area contributed by atoms with Crippen molar-refractivity contribution in [2.75, 3.05) is 5.73 Å². The zero-order chi connectivity index (χ0) is 14.8. The van der Waals surface area contributed by atoms with Gasteiger partial charge in [-0.15, -0.1) is 0 Å². The van der Waals surface area contributed by atoms with Gasteiger partial charge in [0.1, 0.15) is 5.82 Å². The topological polar surface area (TPSA) is 80.5 Å². The lowest BCUT2D eigenvalue weighted by Gasteiger charge is -2.11. The van der Waals surface area contributed by atoms with E-state index < -0.39 is 0 Å². The van der Waals surface area contributed by atoms with E-state index in [1.807, 2.05) is 29.7 Å². The highest BCUT2D eigenvalue weighted by Crippen LogP contribution is 2.25. The van der Waals surface area contributed by atoms with Gasteiger partial charge in [-0.1, -0.05) is 6.07 Å². The van der Waals surface area contributed by atoms with Crippen LogP contribution in [0.15, 0.2) is 49.1 Å². The molecular formula is C16H13N5. The number of aromatic nitrogens is 3. The smallest absolute Gasteiger partial charge is 0.123 e. The first-order valence-electron chi connectivity index (χ1n) is 6.44. The molecule has 0 amide bonds. The van der Waals surface area contributed by atoms with E-state index in [2.05, 4.69) is 16.0 Å². The van der Waals surface area contributed by atoms with Gasteiger partial charge in [0.15, 0.2) is 0 Å². The van der Waals surface area contributed by atoms with Crippen LogP contribution in [0.5, 0.6) is 0 Å². The first-order valence-corrected chi connectivity index (χ1v) is 6.44. The number of hydrogen-bond acceptors (Lipinski definition) is 4. The molecule has 0 aliphatic carbocycles. The molecule has 3 rings (SSSR count). The Hall–Kier alpha value is -3.13. The Labute approximate surface area is 122 Å². The zero-order valence-electron chi connectivity index (χ0n) is 11.5. The van der Waals surface area contributed by atoms with E-state index in [4.69, 9.17) is 11.0 Å². The Morgan fingerprint density at radius 1 is 1.19 bits per heavy atom. The van der Waals surface area contributed by atoms with Gasteiger partial charge < -0.3 is 5.73 Å². The van der Waals surface area contributed by atoms with E-state index in [-0.39, 0.29) is 0 Å². The molecule has 5 nitrogen and oxygen atoms in total. The monoisotopic (exact) mass is 275 g/mol. The van der Waals surface area contributed by atoms with E-state index in [9.17, 15) is 0 Å². The van der Waals surface area contributed by atoms with Crippen LogP contribution < -0.4 is 5.73 Å². The molecule has 5 heteroatoms. The van der Waals surface area contributed by atoms with E-state index in [0.717, 1.165) is 22.5 Å². The standard InChI is InChI=1S/C16H13N5/c1-11-2-3-12(7-17)6-14(11)21-10-19-9-15(21)13-4-5-16(18)20-8-13/h2-6,8-10H,1H3,(H2,18,20). The molecule has 2 aromatic heterocycles. The van der Waals surface area contributed by atoms with Gasteiger partial charge in [0.2, 0.25) is 0 Å². The molecule has 2 heterocycles. The van der Waals surface area contributed by atoms with Gasteiger partial charge in [-0.2, -0.15) is 5.26 Å². The van der Waals surface area contributed by atoms with Crippen LogP contribution in [0.1, 0.15) is 11.1 Å². The first-order chi connectivity index (χ1) is 10.2. The molecule has 2 N–H and O–H groups in total. The zero-order valence-corrected chi connectivity index (χ0v) is 11.5. The van der Waals surface area contributed by atoms with Gasteiger partial charge in [0, 0.05) is 11.8 Å². The van der Waals surface area contributed by atoms with Crippen molar-refractivity contribution in [2.24, 2.45) is 0 Å². The number of benzene rings is 1. The second kappa shape index (κ2) is 5.10. The summed E-state index contributed by atoms with van der Waals surface area (Å²) in [4.78, 5) is 8.33. The molecule has 0 unspecified atom stereocenters. The van der Waals surface area contributed by atoms with Crippen molar-refractivity contribution in [3.63, 3.8) is 0 Å². The quantitative estimate of drug-likeness (QED) is 0.779. The van der Waals surface area contributed by atoms with E-state index in [1.165, 1.54) is 0 Å². The van der Waals surface area contributed by atoms with Crippen LogP contribution in [0.25, 0.3) is 16.9 Å². The fourth-order valence-electron chi connectivity index (χ4n) is 2.20. The van der Waals surface area contributed by atoms with Crippen LogP contribution in [0.3, 0.4) is 0 Å². The molecule has 0 saturated carbocycles. The Kier molecular flexibility index (Phi) is 3.13. The number of anilines is 1. The van der Waals surface area contributed by atoms with Crippen molar-refractivity contribution >= 4 is 5.82 Å². The first kappa shape index (κ1) is 12.9. The fraction of sp³-hybridized carbons (Fsp3) is 0.0625. The minimum absolute atomic E-state index is 0.479. The van der Waals surface area contributed by atoms with E-state index >= 15 is 0 Å². The van der Waals surface area contributed by atoms with Crippen molar-refractivity contribution in [1.82, 2.24) is 14.5 Å². The summed E-state index contributed by atoms with van der Waals surface area (Å²) >= 11 is 0. The number of nitrogens with zero attached hydrogens (tertiary/aromatic N) is 4. The maximum atomic E-state index is 9.07. The summed E-state index contributed by atoms with van der Waals surface area (Å²) in [5, 5.41) is 9.07. The highest BCUT2D eigenvalue weighted by molar-refractivity contribution is 5.63. The van der Waals surface area contributed by atoms with Gasteiger partial charge in [-0.25, -0.2) is 9.97 Å². The number of nitrogen functional groups attached to an aromatic ring is 1. The highest BCUT2D eigenvalue weighted by atomic mass is 15.1. The van der Waals surface area contributed by atoms with Gasteiger partial charge in [0.05, 0.1) is 35.5 Å². The third-order valence-electron chi connectivity index (χ3n) is 3.32. The maximum Gasteiger partial charge on any atom is 0.123 e. The SMILES string of the molecule is Cc1ccc(C#N)cc1-n1cncc1-c1ccc(N)nc1. The Morgan fingerprint density at radius 3 is 2.76 bits per heavy atom. The molecule has 0 fully saturated rings. The van der Waals surface area contributed by atoms with Crippen LogP contribution in [-0.2, 0) is 0 Å². The number of pyridine rings is 1. The van der Waals surface area contributed by atoms with E-state index in [0.29, 0.717) is 11.4 Å². The van der Waals surface area contributed by atoms with E-state index in [1.54, 1.807) is 30.9 Å². The fourth-order valence-corrected chi connectivity index (χ4v) is 2.20. The highest BCUT2D eigenvalue weighted by Gasteiger charge is 2.10. The maximum absolute atomic E-state index is 9.07. The number of aryl methyl sites for hydroxylation is 1. The normalized spacial score (nSPS) is 10.3. The van der Waals surface area contributed by atoms with Crippen molar-refractivity contribution in [1.29, 1.82) is 5.26 Å². The summed E-state index contributed by atoms with van der Waals surface area (Å²) in [5.41, 5.74) is 10.1. The largest absolute Gasteiger partial charge is 0.384 e. The number of hydrogen-bond donors (Lipinski definition) is 1. The molecule has 0 bridgehead atoms. The van der Waals surface area contributed by atoms with Crippen LogP contribution >= 0.6 is 0 Å².